The first kappa shape index (κ1) is 14.6. The summed E-state index contributed by atoms with van der Waals surface area (Å²) < 4.78 is 0. The van der Waals surface area contributed by atoms with E-state index >= 15 is 0 Å². The van der Waals surface area contributed by atoms with Crippen LogP contribution in [0.2, 0.25) is 0 Å². The van der Waals surface area contributed by atoms with Gasteiger partial charge in [0, 0.05) is 0 Å². The predicted octanol–water partition coefficient (Wildman–Crippen LogP) is 2.80. The molecule has 0 spiro atoms. The number of aryl methyl sites for hydroxylation is 2. The number of amides is 2. The molecule has 0 saturated carbocycles. The van der Waals surface area contributed by atoms with Gasteiger partial charge < -0.3 is 0 Å². The van der Waals surface area contributed by atoms with Gasteiger partial charge in [-0.05, 0) is 49.2 Å². The van der Waals surface area contributed by atoms with Gasteiger partial charge in [-0.15, -0.1) is 0 Å². The molecule has 2 atom stereocenters. The fourth-order valence-electron chi connectivity index (χ4n) is 3.07. The molecule has 2 aromatic rings. The van der Waals surface area contributed by atoms with Crippen LogP contribution in [-0.2, 0) is 9.59 Å². The van der Waals surface area contributed by atoms with Crippen LogP contribution in [0.15, 0.2) is 58.9 Å². The van der Waals surface area contributed by atoms with Gasteiger partial charge in [0.1, 0.15) is 0 Å². The van der Waals surface area contributed by atoms with E-state index in [0.29, 0.717) is 5.69 Å². The number of imide groups is 1. The maximum absolute atomic E-state index is 12.9. The lowest BCUT2D eigenvalue weighted by atomic mass is 10.1. The monoisotopic (exact) mass is 320 g/mol. The minimum Gasteiger partial charge on any atom is -0.271 e. The molecular formula is C18H16N4O2. The van der Waals surface area contributed by atoms with E-state index in [2.05, 4.69) is 10.3 Å². The van der Waals surface area contributed by atoms with Crippen LogP contribution in [0.4, 0.5) is 11.4 Å². The molecule has 2 aliphatic heterocycles. The predicted molar refractivity (Wildman–Crippen MR) is 89.8 cm³/mol. The van der Waals surface area contributed by atoms with Crippen LogP contribution in [0, 0.1) is 13.8 Å². The molecule has 0 N–H and O–H groups in total. The summed E-state index contributed by atoms with van der Waals surface area (Å²) >= 11 is 0. The molecule has 2 amide bonds. The van der Waals surface area contributed by atoms with Gasteiger partial charge in [0.2, 0.25) is 0 Å². The Bertz CT molecular complexity index is 863. The maximum Gasteiger partial charge on any atom is 0.263 e. The number of carbonyl (C=O) groups is 2. The third-order valence-corrected chi connectivity index (χ3v) is 4.55. The molecule has 0 bridgehead atoms. The zero-order chi connectivity index (χ0) is 16.8. The number of benzene rings is 2. The standard InChI is InChI=1S/C18H16N4O2/c1-11-8-9-14(10-12(11)2)21-17(23)15-16(18(21)24)22(20-19-15)13-6-4-3-5-7-13/h3-10,15-16H,1-2H3/t15-,16-/m1/s1. The Morgan fingerprint density at radius 3 is 2.33 bits per heavy atom. The Kier molecular flexibility index (Phi) is 3.19. The molecule has 1 saturated heterocycles. The normalized spacial score (nSPS) is 22.4. The first-order valence-corrected chi connectivity index (χ1v) is 7.78. The zero-order valence-electron chi connectivity index (χ0n) is 13.4. The van der Waals surface area contributed by atoms with Gasteiger partial charge in [0.15, 0.2) is 12.1 Å². The molecule has 4 rings (SSSR count). The number of hydrogen-bond donors (Lipinski definition) is 0. The molecule has 0 radical (unpaired) electrons. The van der Waals surface area contributed by atoms with Crippen molar-refractivity contribution >= 4 is 23.2 Å². The summed E-state index contributed by atoms with van der Waals surface area (Å²) in [5.74, 6) is -0.613. The number of rotatable bonds is 2. The van der Waals surface area contributed by atoms with Gasteiger partial charge in [-0.1, -0.05) is 29.5 Å². The number of hydrogen-bond acceptors (Lipinski definition) is 5. The fourth-order valence-corrected chi connectivity index (χ4v) is 3.07. The van der Waals surface area contributed by atoms with Crippen LogP contribution in [0.1, 0.15) is 11.1 Å². The summed E-state index contributed by atoms with van der Waals surface area (Å²) in [5, 5.41) is 9.62. The van der Waals surface area contributed by atoms with Gasteiger partial charge in [-0.2, -0.15) is 5.11 Å². The Labute approximate surface area is 139 Å². The Hall–Kier alpha value is -3.02. The molecule has 2 heterocycles. The second-order valence-corrected chi connectivity index (χ2v) is 6.06. The van der Waals surface area contributed by atoms with Gasteiger partial charge in [0.25, 0.3) is 11.8 Å². The van der Waals surface area contributed by atoms with Crippen LogP contribution >= 0.6 is 0 Å². The molecule has 24 heavy (non-hydrogen) atoms. The highest BCUT2D eigenvalue weighted by molar-refractivity contribution is 6.26. The third-order valence-electron chi connectivity index (χ3n) is 4.55. The van der Waals surface area contributed by atoms with Crippen molar-refractivity contribution in [2.24, 2.45) is 10.3 Å². The Morgan fingerprint density at radius 1 is 0.875 bits per heavy atom. The van der Waals surface area contributed by atoms with Gasteiger partial charge in [-0.3, -0.25) is 9.59 Å². The minimum atomic E-state index is -0.778. The van der Waals surface area contributed by atoms with Crippen molar-refractivity contribution in [1.29, 1.82) is 0 Å². The van der Waals surface area contributed by atoms with Gasteiger partial charge >= 0.3 is 0 Å². The van der Waals surface area contributed by atoms with E-state index in [9.17, 15) is 9.59 Å². The lowest BCUT2D eigenvalue weighted by Gasteiger charge is -2.20. The van der Waals surface area contributed by atoms with Crippen molar-refractivity contribution in [2.45, 2.75) is 25.9 Å². The molecule has 0 unspecified atom stereocenters. The highest BCUT2D eigenvalue weighted by atomic mass is 16.2. The summed E-state index contributed by atoms with van der Waals surface area (Å²) in [6, 6.07) is 13.4. The van der Waals surface area contributed by atoms with Gasteiger partial charge in [0.05, 0.1) is 11.4 Å². The van der Waals surface area contributed by atoms with Crippen LogP contribution in [-0.4, -0.2) is 23.9 Å². The summed E-state index contributed by atoms with van der Waals surface area (Å²) in [6.45, 7) is 3.95. The van der Waals surface area contributed by atoms with Crippen molar-refractivity contribution < 1.29 is 9.59 Å². The number of anilines is 2. The Balaban J connectivity index is 1.72. The second kappa shape index (κ2) is 5.26. The average molecular weight is 320 g/mol. The average Bonchev–Trinajstić information content (AvgIpc) is 3.12. The topological polar surface area (TPSA) is 65.3 Å². The van der Waals surface area contributed by atoms with Crippen molar-refractivity contribution in [3.05, 3.63) is 59.7 Å². The highest BCUT2D eigenvalue weighted by Crippen LogP contribution is 2.35. The number of para-hydroxylation sites is 1. The largest absolute Gasteiger partial charge is 0.271 e. The van der Waals surface area contributed by atoms with Crippen LogP contribution in [0.3, 0.4) is 0 Å². The summed E-state index contributed by atoms with van der Waals surface area (Å²) in [7, 11) is 0. The van der Waals surface area contributed by atoms with E-state index in [-0.39, 0.29) is 11.8 Å². The molecule has 2 aliphatic rings. The summed E-state index contributed by atoms with van der Waals surface area (Å²) in [4.78, 5) is 26.8. The van der Waals surface area contributed by atoms with Crippen molar-refractivity contribution in [3.63, 3.8) is 0 Å². The smallest absolute Gasteiger partial charge is 0.263 e. The van der Waals surface area contributed by atoms with Crippen molar-refractivity contribution in [1.82, 2.24) is 0 Å². The lowest BCUT2D eigenvalue weighted by molar-refractivity contribution is -0.121. The Morgan fingerprint density at radius 2 is 1.62 bits per heavy atom. The zero-order valence-corrected chi connectivity index (χ0v) is 13.4. The molecule has 0 aliphatic carbocycles. The van der Waals surface area contributed by atoms with E-state index in [4.69, 9.17) is 0 Å². The summed E-state index contributed by atoms with van der Waals surface area (Å²) in [6.07, 6.45) is 0. The number of nitrogens with zero attached hydrogens (tertiary/aromatic N) is 4. The van der Waals surface area contributed by atoms with E-state index < -0.39 is 12.1 Å². The fraction of sp³-hybridized carbons (Fsp3) is 0.222. The number of fused-ring (bicyclic) bond motifs is 1. The lowest BCUT2D eigenvalue weighted by Crippen LogP contribution is -2.39. The molecule has 0 aromatic heterocycles. The molecule has 6 nitrogen and oxygen atoms in total. The van der Waals surface area contributed by atoms with Crippen LogP contribution in [0.25, 0.3) is 0 Å². The molecule has 6 heteroatoms. The summed E-state index contributed by atoms with van der Waals surface area (Å²) in [5.41, 5.74) is 3.48. The first-order chi connectivity index (χ1) is 11.6. The second-order valence-electron chi connectivity index (χ2n) is 6.06. The maximum atomic E-state index is 12.9. The van der Waals surface area contributed by atoms with E-state index in [1.165, 1.54) is 9.91 Å². The van der Waals surface area contributed by atoms with Crippen LogP contribution < -0.4 is 9.91 Å². The quantitative estimate of drug-likeness (QED) is 0.799. The minimum absolute atomic E-state index is 0.290. The van der Waals surface area contributed by atoms with Crippen LogP contribution in [0.5, 0.6) is 0 Å². The molecule has 1 fully saturated rings. The number of carbonyl (C=O) groups excluding carboxylic acids is 2. The molecule has 2 aromatic carbocycles. The van der Waals surface area contributed by atoms with Crippen molar-refractivity contribution in [2.75, 3.05) is 9.91 Å². The van der Waals surface area contributed by atoms with E-state index in [1.807, 2.05) is 56.3 Å². The molecule has 120 valence electrons. The van der Waals surface area contributed by atoms with E-state index in [0.717, 1.165) is 16.8 Å². The third kappa shape index (κ3) is 2.03. The molecular weight excluding hydrogens is 304 g/mol. The highest BCUT2D eigenvalue weighted by Gasteiger charge is 2.55. The van der Waals surface area contributed by atoms with E-state index in [1.54, 1.807) is 6.07 Å². The first-order valence-electron chi connectivity index (χ1n) is 7.78. The van der Waals surface area contributed by atoms with Crippen molar-refractivity contribution in [3.8, 4) is 0 Å². The van der Waals surface area contributed by atoms with Gasteiger partial charge in [-0.25, -0.2) is 9.91 Å². The SMILES string of the molecule is Cc1ccc(N2C(=O)[C@@H]3N=NN(c4ccccc4)[C@H]3C2=O)cc1C.